The number of alkyl halides is 1. The number of ether oxygens (including phenoxy) is 1. The summed E-state index contributed by atoms with van der Waals surface area (Å²) in [5, 5.41) is 10.4. The van der Waals surface area contributed by atoms with Crippen molar-refractivity contribution < 1.29 is 14.6 Å². The Morgan fingerprint density at radius 2 is 1.96 bits per heavy atom. The maximum atomic E-state index is 12.1. The van der Waals surface area contributed by atoms with Crippen LogP contribution in [0.3, 0.4) is 0 Å². The van der Waals surface area contributed by atoms with Crippen LogP contribution in [0.1, 0.15) is 17.2 Å². The SMILES string of the molecule is COc1cccc(C(O)CN(Cc2ccccc2)C(=O)CCl)c1. The second kappa shape index (κ2) is 8.56. The van der Waals surface area contributed by atoms with Crippen LogP contribution in [-0.2, 0) is 11.3 Å². The molecule has 2 aromatic rings. The molecular weight excluding hydrogens is 314 g/mol. The average molecular weight is 334 g/mol. The lowest BCUT2D eigenvalue weighted by Gasteiger charge is -2.25. The molecule has 1 amide bonds. The number of rotatable bonds is 7. The number of aliphatic hydroxyl groups is 1. The van der Waals surface area contributed by atoms with Gasteiger partial charge in [-0.1, -0.05) is 42.5 Å². The molecule has 0 aliphatic heterocycles. The summed E-state index contributed by atoms with van der Waals surface area (Å²) in [6, 6.07) is 16.8. The minimum Gasteiger partial charge on any atom is -0.497 e. The van der Waals surface area contributed by atoms with Crippen LogP contribution in [0.2, 0.25) is 0 Å². The fourth-order valence-electron chi connectivity index (χ4n) is 2.31. The van der Waals surface area contributed by atoms with E-state index in [1.54, 1.807) is 24.1 Å². The lowest BCUT2D eigenvalue weighted by atomic mass is 10.1. The highest BCUT2D eigenvalue weighted by Gasteiger charge is 2.18. The summed E-state index contributed by atoms with van der Waals surface area (Å²) in [4.78, 5) is 13.6. The Morgan fingerprint density at radius 3 is 2.61 bits per heavy atom. The van der Waals surface area contributed by atoms with Gasteiger partial charge in [0.15, 0.2) is 0 Å². The van der Waals surface area contributed by atoms with Crippen LogP contribution in [0.4, 0.5) is 0 Å². The maximum Gasteiger partial charge on any atom is 0.237 e. The maximum absolute atomic E-state index is 12.1. The number of benzene rings is 2. The van der Waals surface area contributed by atoms with Gasteiger partial charge in [0, 0.05) is 6.54 Å². The van der Waals surface area contributed by atoms with Gasteiger partial charge in [0.1, 0.15) is 11.6 Å². The highest BCUT2D eigenvalue weighted by atomic mass is 35.5. The third-order valence-corrected chi connectivity index (χ3v) is 3.78. The third-order valence-electron chi connectivity index (χ3n) is 3.56. The van der Waals surface area contributed by atoms with E-state index in [0.717, 1.165) is 5.56 Å². The van der Waals surface area contributed by atoms with E-state index >= 15 is 0 Å². The number of hydrogen-bond acceptors (Lipinski definition) is 3. The van der Waals surface area contributed by atoms with E-state index in [1.165, 1.54) is 0 Å². The first kappa shape index (κ1) is 17.3. The number of carbonyl (C=O) groups is 1. The van der Waals surface area contributed by atoms with E-state index in [9.17, 15) is 9.90 Å². The predicted molar refractivity (Wildman–Crippen MR) is 90.5 cm³/mol. The fraction of sp³-hybridized carbons (Fsp3) is 0.278. The third kappa shape index (κ3) is 4.98. The molecule has 1 unspecified atom stereocenters. The molecular formula is C18H20ClNO3. The van der Waals surface area contributed by atoms with E-state index in [0.29, 0.717) is 17.9 Å². The lowest BCUT2D eigenvalue weighted by Crippen LogP contribution is -2.35. The molecule has 1 atom stereocenters. The van der Waals surface area contributed by atoms with Crippen molar-refractivity contribution in [3.63, 3.8) is 0 Å². The summed E-state index contributed by atoms with van der Waals surface area (Å²) in [6.45, 7) is 0.584. The molecule has 0 heterocycles. The second-order valence-electron chi connectivity index (χ2n) is 5.19. The van der Waals surface area contributed by atoms with E-state index in [1.807, 2.05) is 42.5 Å². The van der Waals surface area contributed by atoms with Gasteiger partial charge in [-0.3, -0.25) is 4.79 Å². The van der Waals surface area contributed by atoms with Crippen LogP contribution in [0.15, 0.2) is 54.6 Å². The predicted octanol–water partition coefficient (Wildman–Crippen LogP) is 3.00. The van der Waals surface area contributed by atoms with Gasteiger partial charge in [-0.15, -0.1) is 11.6 Å². The quantitative estimate of drug-likeness (QED) is 0.792. The number of carbonyl (C=O) groups excluding carboxylic acids is 1. The Morgan fingerprint density at radius 1 is 1.22 bits per heavy atom. The van der Waals surface area contributed by atoms with Crippen molar-refractivity contribution in [1.82, 2.24) is 4.90 Å². The van der Waals surface area contributed by atoms with Gasteiger partial charge in [-0.05, 0) is 23.3 Å². The Kier molecular flexibility index (Phi) is 6.44. The van der Waals surface area contributed by atoms with Gasteiger partial charge in [-0.2, -0.15) is 0 Å². The van der Waals surface area contributed by atoms with E-state index in [2.05, 4.69) is 0 Å². The Hall–Kier alpha value is -2.04. The van der Waals surface area contributed by atoms with Crippen molar-refractivity contribution in [3.05, 3.63) is 65.7 Å². The number of nitrogens with zero attached hydrogens (tertiary/aromatic N) is 1. The summed E-state index contributed by atoms with van der Waals surface area (Å²) in [6.07, 6.45) is -0.805. The Bertz CT molecular complexity index is 633. The van der Waals surface area contributed by atoms with Crippen molar-refractivity contribution in [2.75, 3.05) is 19.5 Å². The van der Waals surface area contributed by atoms with Crippen molar-refractivity contribution in [2.45, 2.75) is 12.6 Å². The second-order valence-corrected chi connectivity index (χ2v) is 5.45. The molecule has 2 rings (SSSR count). The zero-order chi connectivity index (χ0) is 16.7. The summed E-state index contributed by atoms with van der Waals surface area (Å²) < 4.78 is 5.16. The largest absolute Gasteiger partial charge is 0.497 e. The molecule has 0 spiro atoms. The van der Waals surface area contributed by atoms with Crippen LogP contribution < -0.4 is 4.74 Å². The molecule has 0 aliphatic carbocycles. The number of hydrogen-bond donors (Lipinski definition) is 1. The molecule has 23 heavy (non-hydrogen) atoms. The molecule has 0 aliphatic rings. The molecule has 0 saturated carbocycles. The normalized spacial score (nSPS) is 11.8. The number of halogens is 1. The average Bonchev–Trinajstić information content (AvgIpc) is 2.61. The number of amides is 1. The van der Waals surface area contributed by atoms with Crippen LogP contribution in [0, 0.1) is 0 Å². The van der Waals surface area contributed by atoms with Crippen molar-refractivity contribution in [1.29, 1.82) is 0 Å². The van der Waals surface area contributed by atoms with E-state index in [4.69, 9.17) is 16.3 Å². The van der Waals surface area contributed by atoms with Gasteiger partial charge in [0.2, 0.25) is 5.91 Å². The summed E-state index contributed by atoms with van der Waals surface area (Å²) >= 11 is 5.70. The Balaban J connectivity index is 2.11. The monoisotopic (exact) mass is 333 g/mol. The number of aliphatic hydroxyl groups excluding tert-OH is 1. The van der Waals surface area contributed by atoms with Gasteiger partial charge in [-0.25, -0.2) is 0 Å². The van der Waals surface area contributed by atoms with Gasteiger partial charge in [0.05, 0.1) is 19.8 Å². The molecule has 2 aromatic carbocycles. The molecule has 0 saturated heterocycles. The van der Waals surface area contributed by atoms with Gasteiger partial charge < -0.3 is 14.7 Å². The molecule has 0 radical (unpaired) electrons. The smallest absolute Gasteiger partial charge is 0.237 e. The molecule has 0 fully saturated rings. The van der Waals surface area contributed by atoms with Crippen LogP contribution in [0.5, 0.6) is 5.75 Å². The lowest BCUT2D eigenvalue weighted by molar-refractivity contribution is -0.130. The minimum absolute atomic E-state index is 0.113. The summed E-state index contributed by atoms with van der Waals surface area (Å²) in [7, 11) is 1.57. The topological polar surface area (TPSA) is 49.8 Å². The first-order valence-electron chi connectivity index (χ1n) is 7.33. The molecule has 1 N–H and O–H groups in total. The zero-order valence-electron chi connectivity index (χ0n) is 13.0. The first-order valence-corrected chi connectivity index (χ1v) is 7.87. The van der Waals surface area contributed by atoms with E-state index < -0.39 is 6.10 Å². The van der Waals surface area contributed by atoms with Crippen molar-refractivity contribution in [3.8, 4) is 5.75 Å². The summed E-state index contributed by atoms with van der Waals surface area (Å²) in [5.41, 5.74) is 1.69. The number of methoxy groups -OCH3 is 1. The summed E-state index contributed by atoms with van der Waals surface area (Å²) in [5.74, 6) is 0.342. The van der Waals surface area contributed by atoms with Crippen molar-refractivity contribution >= 4 is 17.5 Å². The van der Waals surface area contributed by atoms with Crippen LogP contribution in [-0.4, -0.2) is 35.4 Å². The van der Waals surface area contributed by atoms with Crippen molar-refractivity contribution in [2.24, 2.45) is 0 Å². The zero-order valence-corrected chi connectivity index (χ0v) is 13.7. The highest BCUT2D eigenvalue weighted by molar-refractivity contribution is 6.27. The van der Waals surface area contributed by atoms with Gasteiger partial charge >= 0.3 is 0 Å². The van der Waals surface area contributed by atoms with Gasteiger partial charge in [0.25, 0.3) is 0 Å². The van der Waals surface area contributed by atoms with Crippen LogP contribution in [0.25, 0.3) is 0 Å². The fourth-order valence-corrected chi connectivity index (χ4v) is 2.47. The molecule has 0 bridgehead atoms. The molecule has 122 valence electrons. The Labute approximate surface area is 141 Å². The molecule has 4 nitrogen and oxygen atoms in total. The minimum atomic E-state index is -0.805. The standard InChI is InChI=1S/C18H20ClNO3/c1-23-16-9-5-8-15(10-16)17(21)13-20(18(22)11-19)12-14-6-3-2-4-7-14/h2-10,17,21H,11-13H2,1H3. The first-order chi connectivity index (χ1) is 11.1. The van der Waals surface area contributed by atoms with E-state index in [-0.39, 0.29) is 18.3 Å². The molecule has 5 heteroatoms. The highest BCUT2D eigenvalue weighted by Crippen LogP contribution is 2.21. The van der Waals surface area contributed by atoms with Crippen LogP contribution >= 0.6 is 11.6 Å². The molecule has 0 aromatic heterocycles.